The Kier molecular flexibility index (Phi) is 5.40. The van der Waals surface area contributed by atoms with Crippen molar-refractivity contribution in [1.82, 2.24) is 0 Å². The summed E-state index contributed by atoms with van der Waals surface area (Å²) in [5.74, 6) is -0.641. The van der Waals surface area contributed by atoms with Crippen LogP contribution in [0.15, 0.2) is 89.9 Å². The number of phenolic OH excluding ortho intramolecular Hbond substituents is 1. The van der Waals surface area contributed by atoms with E-state index in [2.05, 4.69) is 10.3 Å². The number of nitrogens with one attached hydrogen (secondary N) is 1. The Labute approximate surface area is 177 Å². The van der Waals surface area contributed by atoms with Crippen LogP contribution in [0, 0.1) is 10.1 Å². The maximum Gasteiger partial charge on any atom is 0.269 e. The van der Waals surface area contributed by atoms with Gasteiger partial charge in [-0.3, -0.25) is 19.9 Å². The second-order valence-electron chi connectivity index (χ2n) is 6.76. The highest BCUT2D eigenvalue weighted by molar-refractivity contribution is 6.13. The standard InChI is InChI=1S/C24H17N3O4/c28-23-21(24(29)26-18-7-2-1-3-8-18)14-16-6-4-5-9-20(16)22(23)15-25-17-10-12-19(13-11-17)27(30)31/h1-15,28H,(H,26,29). The van der Waals surface area contributed by atoms with E-state index in [4.69, 9.17) is 0 Å². The molecule has 4 aromatic rings. The number of non-ortho nitro benzene ring substituents is 1. The molecule has 0 spiro atoms. The van der Waals surface area contributed by atoms with E-state index in [1.165, 1.54) is 30.5 Å². The van der Waals surface area contributed by atoms with Crippen molar-refractivity contribution in [3.8, 4) is 5.75 Å². The molecule has 0 aliphatic heterocycles. The highest BCUT2D eigenvalue weighted by Crippen LogP contribution is 2.31. The minimum atomic E-state index is -0.484. The number of benzene rings is 4. The Bertz CT molecular complexity index is 1300. The lowest BCUT2D eigenvalue weighted by Crippen LogP contribution is -2.12. The quantitative estimate of drug-likeness (QED) is 0.258. The van der Waals surface area contributed by atoms with Crippen LogP contribution in [0.5, 0.6) is 5.75 Å². The second-order valence-corrected chi connectivity index (χ2v) is 6.76. The number of carbonyl (C=O) groups is 1. The average Bonchev–Trinajstić information content (AvgIpc) is 2.79. The lowest BCUT2D eigenvalue weighted by molar-refractivity contribution is -0.384. The molecule has 7 heteroatoms. The molecule has 2 N–H and O–H groups in total. The highest BCUT2D eigenvalue weighted by atomic mass is 16.6. The second kappa shape index (κ2) is 8.46. The van der Waals surface area contributed by atoms with Crippen LogP contribution in [0.2, 0.25) is 0 Å². The SMILES string of the molecule is O=C(Nc1ccccc1)c1cc2ccccc2c(C=Nc2ccc([N+](=O)[O-])cc2)c1O. The molecule has 0 saturated heterocycles. The maximum atomic E-state index is 12.8. The van der Waals surface area contributed by atoms with Crippen molar-refractivity contribution >= 4 is 40.0 Å². The molecule has 0 heterocycles. The van der Waals surface area contributed by atoms with Crippen LogP contribution in [0.1, 0.15) is 15.9 Å². The number of nitrogens with zero attached hydrogens (tertiary/aromatic N) is 2. The van der Waals surface area contributed by atoms with Crippen molar-refractivity contribution in [3.63, 3.8) is 0 Å². The van der Waals surface area contributed by atoms with Crippen molar-refractivity contribution in [1.29, 1.82) is 0 Å². The Balaban J connectivity index is 1.74. The number of hydrogen-bond donors (Lipinski definition) is 2. The largest absolute Gasteiger partial charge is 0.506 e. The van der Waals surface area contributed by atoms with Gasteiger partial charge in [0, 0.05) is 29.6 Å². The zero-order chi connectivity index (χ0) is 21.8. The van der Waals surface area contributed by atoms with Crippen molar-refractivity contribution < 1.29 is 14.8 Å². The van der Waals surface area contributed by atoms with E-state index in [-0.39, 0.29) is 17.0 Å². The lowest BCUT2D eigenvalue weighted by atomic mass is 9.99. The molecule has 0 fully saturated rings. The fraction of sp³-hybridized carbons (Fsp3) is 0. The molecule has 0 saturated carbocycles. The number of anilines is 1. The van der Waals surface area contributed by atoms with E-state index in [1.807, 2.05) is 30.3 Å². The molecule has 4 aromatic carbocycles. The van der Waals surface area contributed by atoms with Crippen LogP contribution in [0.3, 0.4) is 0 Å². The number of amides is 1. The first-order valence-corrected chi connectivity index (χ1v) is 9.42. The summed E-state index contributed by atoms with van der Waals surface area (Å²) in [6.07, 6.45) is 1.46. The summed E-state index contributed by atoms with van der Waals surface area (Å²) in [5, 5.41) is 26.0. The number of phenols is 1. The van der Waals surface area contributed by atoms with Crippen LogP contribution >= 0.6 is 0 Å². The molecule has 0 aliphatic carbocycles. The number of carbonyl (C=O) groups excluding carboxylic acids is 1. The predicted molar refractivity (Wildman–Crippen MR) is 120 cm³/mol. The van der Waals surface area contributed by atoms with Crippen LogP contribution < -0.4 is 5.32 Å². The third kappa shape index (κ3) is 4.25. The molecule has 31 heavy (non-hydrogen) atoms. The summed E-state index contributed by atoms with van der Waals surface area (Å²) in [7, 11) is 0. The van der Waals surface area contributed by atoms with Crippen LogP contribution in [-0.4, -0.2) is 22.2 Å². The van der Waals surface area contributed by atoms with Gasteiger partial charge in [0.15, 0.2) is 0 Å². The fourth-order valence-electron chi connectivity index (χ4n) is 3.19. The zero-order valence-electron chi connectivity index (χ0n) is 16.2. The summed E-state index contributed by atoms with van der Waals surface area (Å²) in [6.45, 7) is 0. The molecule has 7 nitrogen and oxygen atoms in total. The van der Waals surface area contributed by atoms with Gasteiger partial charge < -0.3 is 10.4 Å². The van der Waals surface area contributed by atoms with Crippen molar-refractivity contribution in [3.05, 3.63) is 106 Å². The van der Waals surface area contributed by atoms with Gasteiger partial charge >= 0.3 is 0 Å². The summed E-state index contributed by atoms with van der Waals surface area (Å²) in [4.78, 5) is 27.5. The van der Waals surface area contributed by atoms with E-state index in [0.29, 0.717) is 16.9 Å². The van der Waals surface area contributed by atoms with E-state index in [0.717, 1.165) is 10.8 Å². The summed E-state index contributed by atoms with van der Waals surface area (Å²) in [6, 6.07) is 23.7. The average molecular weight is 411 g/mol. The number of hydrogen-bond acceptors (Lipinski definition) is 5. The monoisotopic (exact) mass is 411 g/mol. The van der Waals surface area contributed by atoms with Crippen molar-refractivity contribution in [2.45, 2.75) is 0 Å². The molecular formula is C24H17N3O4. The lowest BCUT2D eigenvalue weighted by Gasteiger charge is -2.12. The highest BCUT2D eigenvalue weighted by Gasteiger charge is 2.17. The van der Waals surface area contributed by atoms with E-state index in [9.17, 15) is 20.0 Å². The van der Waals surface area contributed by atoms with Crippen LogP contribution in [0.25, 0.3) is 10.8 Å². The third-order valence-corrected chi connectivity index (χ3v) is 4.74. The Hall–Kier alpha value is -4.52. The van der Waals surface area contributed by atoms with Gasteiger partial charge in [-0.05, 0) is 41.1 Å². The first kappa shape index (κ1) is 19.8. The molecule has 152 valence electrons. The number of fused-ring (bicyclic) bond motifs is 1. The zero-order valence-corrected chi connectivity index (χ0v) is 16.2. The van der Waals surface area contributed by atoms with Crippen LogP contribution in [-0.2, 0) is 0 Å². The Morgan fingerprint density at radius 2 is 1.65 bits per heavy atom. The fourth-order valence-corrected chi connectivity index (χ4v) is 3.19. The minimum Gasteiger partial charge on any atom is -0.506 e. The van der Waals surface area contributed by atoms with Gasteiger partial charge in [0.25, 0.3) is 11.6 Å². The van der Waals surface area contributed by atoms with Gasteiger partial charge in [-0.1, -0.05) is 42.5 Å². The van der Waals surface area contributed by atoms with Gasteiger partial charge in [0.05, 0.1) is 16.2 Å². The van der Waals surface area contributed by atoms with E-state index in [1.54, 1.807) is 30.3 Å². The first-order chi connectivity index (χ1) is 15.0. The first-order valence-electron chi connectivity index (χ1n) is 9.42. The van der Waals surface area contributed by atoms with Crippen molar-refractivity contribution in [2.75, 3.05) is 5.32 Å². The Morgan fingerprint density at radius 1 is 0.968 bits per heavy atom. The minimum absolute atomic E-state index is 0.0353. The molecule has 0 aliphatic rings. The number of aromatic hydroxyl groups is 1. The molecular weight excluding hydrogens is 394 g/mol. The number of aliphatic imine (C=N–C) groups is 1. The normalized spacial score (nSPS) is 11.0. The number of nitro benzene ring substituents is 1. The molecule has 4 rings (SSSR count). The van der Waals surface area contributed by atoms with Gasteiger partial charge in [0.1, 0.15) is 5.75 Å². The molecule has 1 amide bonds. The molecule has 0 bridgehead atoms. The number of para-hydroxylation sites is 1. The molecule has 0 radical (unpaired) electrons. The molecule has 0 aromatic heterocycles. The van der Waals surface area contributed by atoms with E-state index >= 15 is 0 Å². The molecule has 0 atom stereocenters. The van der Waals surface area contributed by atoms with Gasteiger partial charge in [-0.15, -0.1) is 0 Å². The molecule has 0 unspecified atom stereocenters. The summed E-state index contributed by atoms with van der Waals surface area (Å²) >= 11 is 0. The smallest absolute Gasteiger partial charge is 0.269 e. The maximum absolute atomic E-state index is 12.8. The number of rotatable bonds is 5. The summed E-state index contributed by atoms with van der Waals surface area (Å²) < 4.78 is 0. The third-order valence-electron chi connectivity index (χ3n) is 4.74. The predicted octanol–water partition coefficient (Wildman–Crippen LogP) is 5.46. The van der Waals surface area contributed by atoms with Crippen LogP contribution in [0.4, 0.5) is 17.1 Å². The number of nitro groups is 1. The Morgan fingerprint density at radius 3 is 2.35 bits per heavy atom. The van der Waals surface area contributed by atoms with E-state index < -0.39 is 10.8 Å². The topological polar surface area (TPSA) is 105 Å². The van der Waals surface area contributed by atoms with Gasteiger partial charge in [-0.25, -0.2) is 0 Å². The van der Waals surface area contributed by atoms with Gasteiger partial charge in [0.2, 0.25) is 0 Å². The summed E-state index contributed by atoms with van der Waals surface area (Å²) in [5.41, 5.74) is 1.56. The van der Waals surface area contributed by atoms with Crippen molar-refractivity contribution in [2.24, 2.45) is 4.99 Å². The van der Waals surface area contributed by atoms with Gasteiger partial charge in [-0.2, -0.15) is 0 Å².